The van der Waals surface area contributed by atoms with Crippen molar-refractivity contribution < 1.29 is 63.6 Å². The summed E-state index contributed by atoms with van der Waals surface area (Å²) in [5.41, 5.74) is 1.10. The van der Waals surface area contributed by atoms with Crippen LogP contribution in [0.3, 0.4) is 0 Å². The fourth-order valence-electron chi connectivity index (χ4n) is 2.25. The van der Waals surface area contributed by atoms with Gasteiger partial charge in [-0.1, -0.05) is 85.1 Å². The molecule has 34 heavy (non-hydrogen) atoms. The minimum absolute atomic E-state index is 0.0344. The Morgan fingerprint density at radius 3 is 1.29 bits per heavy atom. The molecule has 3 heteroatoms. The molecule has 0 saturated heterocycles. The lowest BCUT2D eigenvalue weighted by Gasteiger charge is -1.82. The molecule has 0 aliphatic carbocycles. The zero-order chi connectivity index (χ0) is 24.1. The monoisotopic (exact) mass is 777 g/mol. The Hall–Kier alpha value is -2.25. The summed E-state index contributed by atoms with van der Waals surface area (Å²) in [6, 6.07) is 41.2. The summed E-state index contributed by atoms with van der Waals surface area (Å²) in [6.45, 7) is 1.89. The second-order valence-corrected chi connectivity index (χ2v) is 13.3. The molecule has 0 atom stereocenters. The number of hydrogen-bond donors (Lipinski definition) is 0. The van der Waals surface area contributed by atoms with E-state index in [0.29, 0.717) is 0 Å². The average Bonchev–Trinajstić information content (AvgIpc) is 2.91. The molecule has 0 saturated carbocycles. The number of benzene rings is 4. The Morgan fingerprint density at radius 1 is 0.500 bits per heavy atom. The zero-order valence-electron chi connectivity index (χ0n) is 18.8. The lowest BCUT2D eigenvalue weighted by Crippen LogP contribution is -3.59. The number of terminal acetylenes is 1. The molecule has 0 heterocycles. The highest BCUT2D eigenvalue weighted by atomic mass is 127. The van der Waals surface area contributed by atoms with Gasteiger partial charge in [0.25, 0.3) is 0 Å². The first-order valence-corrected chi connectivity index (χ1v) is 16.8. The molecule has 0 radical (unpaired) electrons. The fraction of sp³-hybridized carbons (Fsp3) is 0.0323. The van der Waals surface area contributed by atoms with Gasteiger partial charge in [0.15, 0.2) is 11.8 Å². The molecule has 0 bridgehead atoms. The van der Waals surface area contributed by atoms with Crippen LogP contribution in [-0.2, 0) is 0 Å². The minimum atomic E-state index is -0.160. The molecule has 4 rings (SSSR count). The maximum Gasteiger partial charge on any atom is 0.420 e. The van der Waals surface area contributed by atoms with Crippen LogP contribution in [0, 0.1) is 40.8 Å². The predicted octanol–water partition coefficient (Wildman–Crippen LogP) is -2.58. The Kier molecular flexibility index (Phi) is 15.7. The number of rotatable bonds is 3. The van der Waals surface area contributed by atoms with Crippen molar-refractivity contribution in [2.24, 2.45) is 0 Å². The van der Waals surface area contributed by atoms with Crippen molar-refractivity contribution in [2.45, 2.75) is 6.92 Å². The van der Waals surface area contributed by atoms with Gasteiger partial charge in [-0.25, -0.2) is 0 Å². The molecule has 0 aliphatic heterocycles. The molecule has 0 amide bonds. The summed E-state index contributed by atoms with van der Waals surface area (Å²) in [5, 5.41) is 0. The van der Waals surface area contributed by atoms with Crippen LogP contribution in [0.25, 0.3) is 0 Å². The summed E-state index contributed by atoms with van der Waals surface area (Å²) in [6.07, 6.45) is 5.16. The van der Waals surface area contributed by atoms with Crippen LogP contribution in [0.5, 0.6) is 0 Å². The second-order valence-electron chi connectivity index (χ2n) is 6.21. The van der Waals surface area contributed by atoms with Gasteiger partial charge in [0.05, 0.1) is 0 Å². The van der Waals surface area contributed by atoms with Crippen LogP contribution in [0.15, 0.2) is 121 Å². The van der Waals surface area contributed by atoms with Crippen molar-refractivity contribution in [3.63, 3.8) is 0 Å². The normalized spacial score (nSPS) is 8.59. The van der Waals surface area contributed by atoms with Gasteiger partial charge < -0.3 is 0 Å². The first-order valence-electron chi connectivity index (χ1n) is 10.3. The molecular weight excluding hydrogens is 753 g/mol. The van der Waals surface area contributed by atoms with Crippen LogP contribution in [0.1, 0.15) is 12.5 Å². The Balaban J connectivity index is 0.000000189. The summed E-state index contributed by atoms with van der Waals surface area (Å²) in [7, 11) is 0. The quantitative estimate of drug-likeness (QED) is 0.159. The third-order valence-electron chi connectivity index (χ3n) is 3.74. The molecule has 0 N–H and O–H groups in total. The van der Waals surface area contributed by atoms with Crippen molar-refractivity contribution in [3.8, 4) is 30.0 Å². The summed E-state index contributed by atoms with van der Waals surface area (Å²) in [5.74, 6) is 6.11. The second kappa shape index (κ2) is 19.1. The Morgan fingerprint density at radius 2 is 0.882 bits per heavy atom. The van der Waals surface area contributed by atoms with Gasteiger partial charge in [-0.15, -0.1) is 0 Å². The molecule has 4 aromatic carbocycles. The highest BCUT2D eigenvalue weighted by Gasteiger charge is 2.06. The number of halogens is 3. The average molecular weight is 777 g/mol. The smallest absolute Gasteiger partial charge is 0.0648 e. The van der Waals surface area contributed by atoms with Crippen LogP contribution in [0.2, 0.25) is 0 Å². The van der Waals surface area contributed by atoms with Gasteiger partial charge in [-0.05, 0) is 54.5 Å². The molecule has 4 aromatic rings. The lowest BCUT2D eigenvalue weighted by atomic mass is 10.2. The fourth-order valence-corrected chi connectivity index (χ4v) is 6.27. The lowest BCUT2D eigenvalue weighted by molar-refractivity contribution is -0.535. The molecule has 0 nitrogen and oxygen atoms in total. The maximum atomic E-state index is 5.16. The van der Waals surface area contributed by atoms with E-state index in [-0.39, 0.29) is 63.6 Å². The molecule has 0 aromatic heterocycles. The van der Waals surface area contributed by atoms with Crippen LogP contribution in [0.4, 0.5) is 0 Å². The van der Waals surface area contributed by atoms with Crippen molar-refractivity contribution >= 4 is 0 Å². The van der Waals surface area contributed by atoms with E-state index in [9.17, 15) is 0 Å². The zero-order valence-corrected chi connectivity index (χ0v) is 25.2. The summed E-state index contributed by atoms with van der Waals surface area (Å²) in [4.78, 5) is 0. The van der Waals surface area contributed by atoms with Gasteiger partial charge in [-0.2, -0.15) is 0 Å². The molecule has 0 unspecified atom stereocenters. The van der Waals surface area contributed by atoms with Gasteiger partial charge in [0, 0.05) is 12.5 Å². The van der Waals surface area contributed by atoms with Crippen LogP contribution < -0.4 is 63.6 Å². The molecular formula is C31H24I3+3. The number of hydrogen-bond acceptors (Lipinski definition) is 0. The van der Waals surface area contributed by atoms with E-state index in [1.807, 2.05) is 67.6 Å². The maximum absolute atomic E-state index is 5.16. The van der Waals surface area contributed by atoms with E-state index < -0.39 is 0 Å². The van der Waals surface area contributed by atoms with E-state index in [2.05, 4.69) is 84.3 Å². The Labute approximate surface area is 235 Å². The summed E-state index contributed by atoms with van der Waals surface area (Å²) < 4.78 is 13.2. The molecule has 166 valence electrons. The third kappa shape index (κ3) is 13.5. The van der Waals surface area contributed by atoms with Gasteiger partial charge in [0.1, 0.15) is 0 Å². The topological polar surface area (TPSA) is 0 Å². The largest absolute Gasteiger partial charge is 0.420 e. The SMILES string of the molecule is C#C[I+]c1ccccc1.C(#Cc1ccccc1)[I+]c1ccccc1.CC#C[I+]c1ccccc1. The molecule has 0 aliphatic rings. The predicted molar refractivity (Wildman–Crippen MR) is 131 cm³/mol. The Bertz CT molecular complexity index is 1220. The van der Waals surface area contributed by atoms with Crippen molar-refractivity contribution in [1.82, 2.24) is 0 Å². The first-order chi connectivity index (χ1) is 16.8. The van der Waals surface area contributed by atoms with Crippen LogP contribution in [-0.4, -0.2) is 0 Å². The van der Waals surface area contributed by atoms with Gasteiger partial charge in [-0.3, -0.25) is 0 Å². The van der Waals surface area contributed by atoms with E-state index in [4.69, 9.17) is 6.42 Å². The van der Waals surface area contributed by atoms with Crippen molar-refractivity contribution in [2.75, 3.05) is 0 Å². The highest BCUT2D eigenvalue weighted by Crippen LogP contribution is 1.93. The van der Waals surface area contributed by atoms with E-state index >= 15 is 0 Å². The minimum Gasteiger partial charge on any atom is -0.0648 e. The van der Waals surface area contributed by atoms with E-state index in [1.165, 1.54) is 10.7 Å². The molecule has 0 spiro atoms. The van der Waals surface area contributed by atoms with E-state index in [0.717, 1.165) is 5.56 Å². The molecule has 0 fully saturated rings. The third-order valence-corrected chi connectivity index (χ3v) is 9.42. The van der Waals surface area contributed by atoms with Crippen molar-refractivity contribution in [3.05, 3.63) is 138 Å². The van der Waals surface area contributed by atoms with Crippen molar-refractivity contribution in [1.29, 1.82) is 0 Å². The summed E-state index contributed by atoms with van der Waals surface area (Å²) >= 11 is -0.337. The first kappa shape index (κ1) is 28.0. The van der Waals surface area contributed by atoms with Crippen LogP contribution >= 0.6 is 0 Å². The van der Waals surface area contributed by atoms with E-state index in [1.54, 1.807) is 0 Å². The van der Waals surface area contributed by atoms with Gasteiger partial charge in [0.2, 0.25) is 10.7 Å². The standard InChI is InChI=1S/C14H10I.C9H8I.C8H6I/c1-3-7-13(8-4-1)11-12-15-14-9-5-2-6-10-14;1-2-8-10-9-6-4-3-5-7-9;1-2-9-8-6-4-3-5-7-8/h1-10H;3-7H,1H3;1,3-7H/q3*+1. The highest BCUT2D eigenvalue weighted by molar-refractivity contribution is 5.31. The van der Waals surface area contributed by atoms with Gasteiger partial charge >= 0.3 is 63.6 Å².